The standard InChI is InChI=1S/C20H19N3O3/c1-11(2)6-7-23-19(25)14-5-4-13(9-16(14)20(23)26)15-8-12(3)22-18(24)17(15)10-21/h4-5,8-9,11H,6-7H2,1-3H3,(H,22,24). The molecular weight excluding hydrogens is 330 g/mol. The molecule has 2 heterocycles. The second kappa shape index (κ2) is 6.60. The van der Waals surface area contributed by atoms with Crippen LogP contribution in [0.15, 0.2) is 29.1 Å². The maximum Gasteiger partial charge on any atom is 0.266 e. The summed E-state index contributed by atoms with van der Waals surface area (Å²) in [6.07, 6.45) is 0.740. The molecule has 6 heteroatoms. The Morgan fingerprint density at radius 2 is 1.77 bits per heavy atom. The largest absolute Gasteiger partial charge is 0.325 e. The van der Waals surface area contributed by atoms with Gasteiger partial charge in [0.15, 0.2) is 0 Å². The monoisotopic (exact) mass is 349 g/mol. The highest BCUT2D eigenvalue weighted by Gasteiger charge is 2.35. The Morgan fingerprint density at radius 3 is 2.42 bits per heavy atom. The van der Waals surface area contributed by atoms with Crippen molar-refractivity contribution in [3.63, 3.8) is 0 Å². The van der Waals surface area contributed by atoms with Gasteiger partial charge in [-0.15, -0.1) is 0 Å². The molecule has 26 heavy (non-hydrogen) atoms. The normalized spacial score (nSPS) is 13.3. The second-order valence-corrected chi connectivity index (χ2v) is 6.89. The van der Waals surface area contributed by atoms with Crippen LogP contribution in [0.5, 0.6) is 0 Å². The molecule has 0 saturated carbocycles. The van der Waals surface area contributed by atoms with E-state index in [9.17, 15) is 19.6 Å². The first kappa shape index (κ1) is 17.6. The van der Waals surface area contributed by atoms with Crippen molar-refractivity contribution < 1.29 is 9.59 Å². The fourth-order valence-corrected chi connectivity index (χ4v) is 3.08. The molecule has 1 aromatic carbocycles. The Bertz CT molecular complexity index is 1010. The van der Waals surface area contributed by atoms with Crippen LogP contribution in [-0.4, -0.2) is 28.2 Å². The molecule has 0 atom stereocenters. The molecule has 1 aliphatic heterocycles. The van der Waals surface area contributed by atoms with Crippen molar-refractivity contribution in [3.05, 3.63) is 57.0 Å². The van der Waals surface area contributed by atoms with Crippen molar-refractivity contribution in [1.82, 2.24) is 9.88 Å². The van der Waals surface area contributed by atoms with Crippen LogP contribution in [0.2, 0.25) is 0 Å². The van der Waals surface area contributed by atoms with Crippen molar-refractivity contribution in [2.45, 2.75) is 27.2 Å². The van der Waals surface area contributed by atoms with E-state index in [1.165, 1.54) is 4.90 Å². The number of rotatable bonds is 4. The van der Waals surface area contributed by atoms with Gasteiger partial charge in [0, 0.05) is 17.8 Å². The topological polar surface area (TPSA) is 94.0 Å². The number of hydrogen-bond acceptors (Lipinski definition) is 4. The highest BCUT2D eigenvalue weighted by Crippen LogP contribution is 2.30. The molecular formula is C20H19N3O3. The van der Waals surface area contributed by atoms with Crippen LogP contribution in [0.4, 0.5) is 0 Å². The number of amides is 2. The third kappa shape index (κ3) is 2.93. The Labute approximate surface area is 151 Å². The Balaban J connectivity index is 2.06. The van der Waals surface area contributed by atoms with Gasteiger partial charge >= 0.3 is 0 Å². The van der Waals surface area contributed by atoms with E-state index >= 15 is 0 Å². The van der Waals surface area contributed by atoms with E-state index < -0.39 is 5.56 Å². The fourth-order valence-electron chi connectivity index (χ4n) is 3.08. The molecule has 1 aliphatic rings. The van der Waals surface area contributed by atoms with Gasteiger partial charge in [-0.2, -0.15) is 5.26 Å². The Hall–Kier alpha value is -3.20. The number of nitriles is 1. The lowest BCUT2D eigenvalue weighted by atomic mass is 9.97. The van der Waals surface area contributed by atoms with E-state index in [0.717, 1.165) is 6.42 Å². The van der Waals surface area contributed by atoms with Crippen molar-refractivity contribution in [2.24, 2.45) is 5.92 Å². The number of pyridine rings is 1. The van der Waals surface area contributed by atoms with E-state index in [1.807, 2.05) is 19.9 Å². The number of fused-ring (bicyclic) bond motifs is 1. The number of hydrogen-bond donors (Lipinski definition) is 1. The molecule has 6 nitrogen and oxygen atoms in total. The number of nitrogens with zero attached hydrogens (tertiary/aromatic N) is 2. The fraction of sp³-hybridized carbons (Fsp3) is 0.300. The summed E-state index contributed by atoms with van der Waals surface area (Å²) < 4.78 is 0. The van der Waals surface area contributed by atoms with Gasteiger partial charge < -0.3 is 4.98 Å². The summed E-state index contributed by atoms with van der Waals surface area (Å²) in [5, 5.41) is 9.30. The lowest BCUT2D eigenvalue weighted by Gasteiger charge is -2.14. The first-order chi connectivity index (χ1) is 12.3. The SMILES string of the molecule is Cc1cc(-c2ccc3c(c2)C(=O)N(CCC(C)C)C3=O)c(C#N)c(=O)[nH]1. The predicted molar refractivity (Wildman–Crippen MR) is 96.8 cm³/mol. The lowest BCUT2D eigenvalue weighted by molar-refractivity contribution is 0.0648. The highest BCUT2D eigenvalue weighted by atomic mass is 16.2. The molecule has 3 rings (SSSR count). The van der Waals surface area contributed by atoms with Gasteiger partial charge in [-0.1, -0.05) is 19.9 Å². The van der Waals surface area contributed by atoms with Gasteiger partial charge in [-0.3, -0.25) is 19.3 Å². The summed E-state index contributed by atoms with van der Waals surface area (Å²) in [6.45, 7) is 6.18. The van der Waals surface area contributed by atoms with E-state index in [-0.39, 0.29) is 17.4 Å². The second-order valence-electron chi connectivity index (χ2n) is 6.89. The van der Waals surface area contributed by atoms with Gasteiger partial charge in [0.2, 0.25) is 0 Å². The van der Waals surface area contributed by atoms with Crippen molar-refractivity contribution in [3.8, 4) is 17.2 Å². The zero-order chi connectivity index (χ0) is 19.0. The number of carbonyl (C=O) groups excluding carboxylic acids is 2. The number of nitrogens with one attached hydrogen (secondary N) is 1. The van der Waals surface area contributed by atoms with Gasteiger partial charge in [0.05, 0.1) is 11.1 Å². The molecule has 0 unspecified atom stereocenters. The van der Waals surface area contributed by atoms with Crippen LogP contribution < -0.4 is 5.56 Å². The number of aryl methyl sites for hydroxylation is 1. The minimum absolute atomic E-state index is 0.0102. The van der Waals surface area contributed by atoms with Crippen LogP contribution in [0.3, 0.4) is 0 Å². The third-order valence-corrected chi connectivity index (χ3v) is 4.49. The van der Waals surface area contributed by atoms with Crippen LogP contribution in [0, 0.1) is 24.2 Å². The number of benzene rings is 1. The average molecular weight is 349 g/mol. The molecule has 0 bridgehead atoms. The van der Waals surface area contributed by atoms with Crippen LogP contribution >= 0.6 is 0 Å². The molecule has 1 N–H and O–H groups in total. The molecule has 0 aliphatic carbocycles. The van der Waals surface area contributed by atoms with Crippen LogP contribution in [0.1, 0.15) is 52.2 Å². The zero-order valence-electron chi connectivity index (χ0n) is 14.9. The average Bonchev–Trinajstić information content (AvgIpc) is 2.83. The number of H-pyrrole nitrogens is 1. The van der Waals surface area contributed by atoms with Crippen molar-refractivity contribution in [1.29, 1.82) is 5.26 Å². The quantitative estimate of drug-likeness (QED) is 0.859. The molecule has 0 spiro atoms. The van der Waals surface area contributed by atoms with Crippen LogP contribution in [0.25, 0.3) is 11.1 Å². The summed E-state index contributed by atoms with van der Waals surface area (Å²) >= 11 is 0. The first-order valence-electron chi connectivity index (χ1n) is 8.48. The summed E-state index contributed by atoms with van der Waals surface area (Å²) in [5.74, 6) is -0.237. The number of aromatic nitrogens is 1. The molecule has 0 fully saturated rings. The summed E-state index contributed by atoms with van der Waals surface area (Å²) in [6, 6.07) is 8.47. The third-order valence-electron chi connectivity index (χ3n) is 4.49. The smallest absolute Gasteiger partial charge is 0.266 e. The van der Waals surface area contributed by atoms with Gasteiger partial charge in [0.25, 0.3) is 17.4 Å². The molecule has 0 saturated heterocycles. The molecule has 0 radical (unpaired) electrons. The zero-order valence-corrected chi connectivity index (χ0v) is 14.9. The number of imide groups is 1. The van der Waals surface area contributed by atoms with Gasteiger partial charge in [-0.05, 0) is 43.0 Å². The van der Waals surface area contributed by atoms with Crippen molar-refractivity contribution in [2.75, 3.05) is 6.54 Å². The molecule has 132 valence electrons. The summed E-state index contributed by atoms with van der Waals surface area (Å²) in [4.78, 5) is 41.0. The van der Waals surface area contributed by atoms with E-state index in [4.69, 9.17) is 0 Å². The van der Waals surface area contributed by atoms with E-state index in [0.29, 0.717) is 40.4 Å². The first-order valence-corrected chi connectivity index (χ1v) is 8.48. The number of carbonyl (C=O) groups is 2. The van der Waals surface area contributed by atoms with E-state index in [2.05, 4.69) is 4.98 Å². The van der Waals surface area contributed by atoms with Crippen molar-refractivity contribution >= 4 is 11.8 Å². The van der Waals surface area contributed by atoms with Gasteiger partial charge in [0.1, 0.15) is 11.6 Å². The molecule has 2 amide bonds. The Morgan fingerprint density at radius 1 is 1.08 bits per heavy atom. The van der Waals surface area contributed by atoms with E-state index in [1.54, 1.807) is 31.2 Å². The maximum absolute atomic E-state index is 12.7. The summed E-state index contributed by atoms with van der Waals surface area (Å²) in [5.41, 5.74) is 1.85. The Kier molecular flexibility index (Phi) is 4.47. The predicted octanol–water partition coefficient (Wildman–Crippen LogP) is 2.86. The molecule has 2 aromatic rings. The lowest BCUT2D eigenvalue weighted by Crippen LogP contribution is -2.31. The maximum atomic E-state index is 12.7. The highest BCUT2D eigenvalue weighted by molar-refractivity contribution is 6.21. The number of aromatic amines is 1. The van der Waals surface area contributed by atoms with Gasteiger partial charge in [-0.25, -0.2) is 0 Å². The minimum Gasteiger partial charge on any atom is -0.325 e. The summed E-state index contributed by atoms with van der Waals surface area (Å²) in [7, 11) is 0. The van der Waals surface area contributed by atoms with Crippen LogP contribution in [-0.2, 0) is 0 Å². The molecule has 1 aromatic heterocycles. The minimum atomic E-state index is -0.469.